The summed E-state index contributed by atoms with van der Waals surface area (Å²) in [6, 6.07) is 3.99. The Morgan fingerprint density at radius 2 is 1.86 bits per heavy atom. The first kappa shape index (κ1) is 11.6. The molecule has 0 spiro atoms. The highest BCUT2D eigenvalue weighted by molar-refractivity contribution is 9.09. The molecule has 1 rings (SSSR count). The summed E-state index contributed by atoms with van der Waals surface area (Å²) in [6.45, 7) is 2.03. The van der Waals surface area contributed by atoms with Gasteiger partial charge >= 0.3 is 0 Å². The summed E-state index contributed by atoms with van der Waals surface area (Å²) in [5.41, 5.74) is 0.209. The topological polar surface area (TPSA) is 0 Å². The van der Waals surface area contributed by atoms with Crippen molar-refractivity contribution in [2.75, 3.05) is 0 Å². The zero-order valence-electron chi connectivity index (χ0n) is 8.06. The lowest BCUT2D eigenvalue weighted by molar-refractivity contribution is 0.547. The molecule has 0 saturated heterocycles. The van der Waals surface area contributed by atoms with Gasteiger partial charge in [-0.2, -0.15) is 0 Å². The Labute approximate surface area is 91.5 Å². The van der Waals surface area contributed by atoms with Crippen molar-refractivity contribution < 1.29 is 8.78 Å². The molecule has 0 bridgehead atoms. The maximum absolute atomic E-state index is 13.1. The molecule has 0 saturated carbocycles. The average molecular weight is 263 g/mol. The molecule has 0 fully saturated rings. The van der Waals surface area contributed by atoms with E-state index in [1.807, 2.05) is 6.92 Å². The van der Waals surface area contributed by atoms with E-state index < -0.39 is 11.6 Å². The standard InChI is InChI=1S/C11H13BrF2/c1-8(12)4-2-5-9-10(13)6-3-7-11(9)14/h3,6-8H,2,4-5H2,1H3. The molecule has 0 amide bonds. The monoisotopic (exact) mass is 262 g/mol. The minimum absolute atomic E-state index is 0.209. The number of hydrogen-bond donors (Lipinski definition) is 0. The summed E-state index contributed by atoms with van der Waals surface area (Å²) >= 11 is 3.40. The quantitative estimate of drug-likeness (QED) is 0.718. The van der Waals surface area contributed by atoms with Gasteiger partial charge in [-0.3, -0.25) is 0 Å². The molecule has 0 aliphatic heterocycles. The Morgan fingerprint density at radius 3 is 2.36 bits per heavy atom. The first-order valence-electron chi connectivity index (χ1n) is 4.68. The Morgan fingerprint density at radius 1 is 1.29 bits per heavy atom. The summed E-state index contributed by atoms with van der Waals surface area (Å²) in [5, 5.41) is 0. The lowest BCUT2D eigenvalue weighted by Gasteiger charge is -2.05. The molecule has 0 nitrogen and oxygen atoms in total. The SMILES string of the molecule is CC(Br)CCCc1c(F)cccc1F. The predicted octanol–water partition coefficient (Wildman–Crippen LogP) is 4.07. The van der Waals surface area contributed by atoms with Gasteiger partial charge in [0.15, 0.2) is 0 Å². The molecule has 0 aliphatic carbocycles. The third kappa shape index (κ3) is 3.37. The van der Waals surface area contributed by atoms with Gasteiger partial charge in [-0.05, 0) is 31.4 Å². The van der Waals surface area contributed by atoms with Crippen LogP contribution in [0.15, 0.2) is 18.2 Å². The smallest absolute Gasteiger partial charge is 0.129 e. The highest BCUT2D eigenvalue weighted by Gasteiger charge is 2.07. The molecule has 0 radical (unpaired) electrons. The largest absolute Gasteiger partial charge is 0.207 e. The van der Waals surface area contributed by atoms with Gasteiger partial charge in [0.2, 0.25) is 0 Å². The molecule has 0 aliphatic rings. The molecule has 1 aromatic rings. The Hall–Kier alpha value is -0.440. The van der Waals surface area contributed by atoms with Gasteiger partial charge in [0, 0.05) is 10.4 Å². The van der Waals surface area contributed by atoms with Crippen LogP contribution in [0.25, 0.3) is 0 Å². The summed E-state index contributed by atoms with van der Waals surface area (Å²) in [7, 11) is 0. The molecule has 1 atom stereocenters. The van der Waals surface area contributed by atoms with E-state index in [1.54, 1.807) is 0 Å². The van der Waals surface area contributed by atoms with Gasteiger partial charge in [0.05, 0.1) is 0 Å². The average Bonchev–Trinajstić information content (AvgIpc) is 2.09. The van der Waals surface area contributed by atoms with Crippen molar-refractivity contribution in [3.8, 4) is 0 Å². The summed E-state index contributed by atoms with van der Waals surface area (Å²) in [6.07, 6.45) is 2.19. The van der Waals surface area contributed by atoms with E-state index in [-0.39, 0.29) is 5.56 Å². The molecule has 0 heterocycles. The molecule has 1 unspecified atom stereocenters. The van der Waals surface area contributed by atoms with Crippen molar-refractivity contribution in [3.05, 3.63) is 35.4 Å². The van der Waals surface area contributed by atoms with Crippen molar-refractivity contribution in [2.24, 2.45) is 0 Å². The Bertz CT molecular complexity index is 277. The maximum Gasteiger partial charge on any atom is 0.129 e. The molecule has 1 aromatic carbocycles. The van der Waals surface area contributed by atoms with E-state index >= 15 is 0 Å². The normalized spacial score (nSPS) is 12.9. The third-order valence-corrected chi connectivity index (χ3v) is 2.55. The molecular formula is C11H13BrF2. The third-order valence-electron chi connectivity index (χ3n) is 2.09. The second-order valence-corrected chi connectivity index (χ2v) is 4.94. The van der Waals surface area contributed by atoms with Crippen molar-refractivity contribution in [1.82, 2.24) is 0 Å². The fourth-order valence-electron chi connectivity index (χ4n) is 1.33. The molecule has 0 aromatic heterocycles. The zero-order valence-corrected chi connectivity index (χ0v) is 9.65. The number of rotatable bonds is 4. The first-order valence-corrected chi connectivity index (χ1v) is 5.60. The second kappa shape index (κ2) is 5.44. The summed E-state index contributed by atoms with van der Waals surface area (Å²) in [5.74, 6) is -0.876. The van der Waals surface area contributed by atoms with E-state index in [9.17, 15) is 8.78 Å². The molecular weight excluding hydrogens is 250 g/mol. The van der Waals surface area contributed by atoms with E-state index in [1.165, 1.54) is 18.2 Å². The Kier molecular flexibility index (Phi) is 4.52. The molecule has 14 heavy (non-hydrogen) atoms. The van der Waals surface area contributed by atoms with Gasteiger partial charge in [-0.25, -0.2) is 8.78 Å². The van der Waals surface area contributed by atoms with Crippen LogP contribution in [0.5, 0.6) is 0 Å². The summed E-state index contributed by atoms with van der Waals surface area (Å²) < 4.78 is 26.2. The van der Waals surface area contributed by atoms with Crippen molar-refractivity contribution in [3.63, 3.8) is 0 Å². The van der Waals surface area contributed by atoms with E-state index in [4.69, 9.17) is 0 Å². The fraction of sp³-hybridized carbons (Fsp3) is 0.455. The van der Waals surface area contributed by atoms with Crippen LogP contribution in [0.2, 0.25) is 0 Å². The van der Waals surface area contributed by atoms with Crippen molar-refractivity contribution in [2.45, 2.75) is 31.0 Å². The van der Waals surface area contributed by atoms with Gasteiger partial charge in [0.25, 0.3) is 0 Å². The van der Waals surface area contributed by atoms with E-state index in [2.05, 4.69) is 15.9 Å². The van der Waals surface area contributed by atoms with Gasteiger partial charge in [-0.1, -0.05) is 28.9 Å². The minimum atomic E-state index is -0.438. The van der Waals surface area contributed by atoms with Crippen LogP contribution in [0, 0.1) is 11.6 Å². The molecule has 3 heteroatoms. The van der Waals surface area contributed by atoms with Crippen LogP contribution in [0.3, 0.4) is 0 Å². The first-order chi connectivity index (χ1) is 6.61. The van der Waals surface area contributed by atoms with E-state index in [0.29, 0.717) is 11.2 Å². The van der Waals surface area contributed by atoms with Gasteiger partial charge < -0.3 is 0 Å². The van der Waals surface area contributed by atoms with Crippen LogP contribution in [0.4, 0.5) is 8.78 Å². The second-order valence-electron chi connectivity index (χ2n) is 3.37. The minimum Gasteiger partial charge on any atom is -0.207 e. The zero-order chi connectivity index (χ0) is 10.6. The van der Waals surface area contributed by atoms with Crippen LogP contribution in [-0.4, -0.2) is 4.83 Å². The lowest BCUT2D eigenvalue weighted by atomic mass is 10.1. The van der Waals surface area contributed by atoms with Gasteiger partial charge in [-0.15, -0.1) is 0 Å². The summed E-state index contributed by atoms with van der Waals surface area (Å²) in [4.78, 5) is 0.400. The van der Waals surface area contributed by atoms with Crippen LogP contribution < -0.4 is 0 Å². The van der Waals surface area contributed by atoms with Crippen LogP contribution in [-0.2, 0) is 6.42 Å². The van der Waals surface area contributed by atoms with E-state index in [0.717, 1.165) is 12.8 Å². The number of alkyl halides is 1. The molecule has 0 N–H and O–H groups in total. The maximum atomic E-state index is 13.1. The predicted molar refractivity (Wildman–Crippen MR) is 57.7 cm³/mol. The van der Waals surface area contributed by atoms with Crippen LogP contribution >= 0.6 is 15.9 Å². The highest BCUT2D eigenvalue weighted by Crippen LogP contribution is 2.16. The lowest BCUT2D eigenvalue weighted by Crippen LogP contribution is -1.98. The van der Waals surface area contributed by atoms with Crippen molar-refractivity contribution >= 4 is 15.9 Å². The van der Waals surface area contributed by atoms with Gasteiger partial charge in [0.1, 0.15) is 11.6 Å². The fourth-order valence-corrected chi connectivity index (χ4v) is 1.66. The number of hydrogen-bond acceptors (Lipinski definition) is 0. The van der Waals surface area contributed by atoms with Crippen LogP contribution in [0.1, 0.15) is 25.3 Å². The number of benzene rings is 1. The Balaban J connectivity index is 2.58. The highest BCUT2D eigenvalue weighted by atomic mass is 79.9. The molecule has 78 valence electrons. The van der Waals surface area contributed by atoms with Crippen molar-refractivity contribution in [1.29, 1.82) is 0 Å². The number of halogens is 3.